The minimum absolute atomic E-state index is 0.0228. The van der Waals surface area contributed by atoms with Crippen LogP contribution in [-0.2, 0) is 0 Å². The fraction of sp³-hybridized carbons (Fsp3) is 0.0909. The number of aromatic carboxylic acids is 1. The molecule has 0 aliphatic carbocycles. The van der Waals surface area contributed by atoms with Crippen molar-refractivity contribution in [3.63, 3.8) is 0 Å². The lowest BCUT2D eigenvalue weighted by molar-refractivity contribution is 0.0690. The van der Waals surface area contributed by atoms with E-state index in [4.69, 9.17) is 21.4 Å². The number of hydrogen-bond acceptors (Lipinski definition) is 4. The van der Waals surface area contributed by atoms with Crippen molar-refractivity contribution in [1.82, 2.24) is 10.2 Å². The molecule has 1 aromatic carbocycles. The van der Waals surface area contributed by atoms with Gasteiger partial charge < -0.3 is 14.9 Å². The monoisotopic (exact) mass is 286 g/mol. The topological polar surface area (TPSA) is 95.4 Å². The summed E-state index contributed by atoms with van der Waals surface area (Å²) in [6, 6.07) is 1.96. The molecule has 1 heterocycles. The lowest BCUT2D eigenvalue weighted by Crippen LogP contribution is -1.95. The number of phenolic OH excluding ortho intramolecular Hbond substituents is 1. The summed E-state index contributed by atoms with van der Waals surface area (Å²) in [6.07, 6.45) is 0. The highest BCUT2D eigenvalue weighted by molar-refractivity contribution is 6.34. The van der Waals surface area contributed by atoms with Crippen LogP contribution in [0.3, 0.4) is 0 Å². The zero-order valence-electron chi connectivity index (χ0n) is 9.57. The van der Waals surface area contributed by atoms with Gasteiger partial charge in [0.25, 0.3) is 0 Å². The van der Waals surface area contributed by atoms with Crippen LogP contribution in [0.15, 0.2) is 12.1 Å². The zero-order chi connectivity index (χ0) is 14.2. The van der Waals surface area contributed by atoms with Crippen LogP contribution in [0, 0.1) is 5.82 Å². The molecule has 0 saturated carbocycles. The van der Waals surface area contributed by atoms with Crippen LogP contribution >= 0.6 is 11.6 Å². The molecule has 0 unspecified atom stereocenters. The fourth-order valence-corrected chi connectivity index (χ4v) is 1.83. The van der Waals surface area contributed by atoms with Gasteiger partial charge in [0.15, 0.2) is 11.5 Å². The van der Waals surface area contributed by atoms with Crippen molar-refractivity contribution in [2.75, 3.05) is 7.11 Å². The average Bonchev–Trinajstić information content (AvgIpc) is 2.82. The van der Waals surface area contributed by atoms with Crippen molar-refractivity contribution in [2.45, 2.75) is 0 Å². The Bertz CT molecular complexity index is 656. The van der Waals surface area contributed by atoms with E-state index in [2.05, 4.69) is 10.2 Å². The van der Waals surface area contributed by atoms with Crippen LogP contribution in [0.5, 0.6) is 11.5 Å². The van der Waals surface area contributed by atoms with Gasteiger partial charge in [0.05, 0.1) is 23.4 Å². The molecular weight excluding hydrogens is 279 g/mol. The quantitative estimate of drug-likeness (QED) is 0.804. The van der Waals surface area contributed by atoms with E-state index in [-0.39, 0.29) is 27.7 Å². The summed E-state index contributed by atoms with van der Waals surface area (Å²) in [5.41, 5.74) is -0.170. The van der Waals surface area contributed by atoms with Gasteiger partial charge in [-0.15, -0.1) is 0 Å². The molecule has 0 radical (unpaired) electrons. The number of rotatable bonds is 3. The third-order valence-corrected chi connectivity index (χ3v) is 2.79. The number of nitrogens with one attached hydrogen (secondary N) is 1. The highest BCUT2D eigenvalue weighted by Gasteiger charge is 2.22. The van der Waals surface area contributed by atoms with Crippen molar-refractivity contribution in [3.8, 4) is 22.8 Å². The van der Waals surface area contributed by atoms with E-state index in [1.165, 1.54) is 7.11 Å². The van der Waals surface area contributed by atoms with E-state index in [1.807, 2.05) is 0 Å². The third kappa shape index (κ3) is 2.19. The summed E-state index contributed by atoms with van der Waals surface area (Å²) in [4.78, 5) is 10.8. The molecule has 2 aromatic rings. The lowest BCUT2D eigenvalue weighted by atomic mass is 10.1. The number of nitrogens with zero attached hydrogens (tertiary/aromatic N) is 1. The highest BCUT2D eigenvalue weighted by Crippen LogP contribution is 2.43. The van der Waals surface area contributed by atoms with Crippen LogP contribution in [-0.4, -0.2) is 33.5 Å². The maximum atomic E-state index is 13.5. The van der Waals surface area contributed by atoms with Crippen LogP contribution in [0.25, 0.3) is 11.3 Å². The predicted molar refractivity (Wildman–Crippen MR) is 64.2 cm³/mol. The van der Waals surface area contributed by atoms with E-state index < -0.39 is 17.5 Å². The van der Waals surface area contributed by atoms with Gasteiger partial charge in [-0.05, 0) is 6.07 Å². The second-order valence-electron chi connectivity index (χ2n) is 3.57. The standard InChI is InChI=1S/C11H8ClFN2O4/c1-19-10-7(16)2-4(13)9(12)8(10)5-3-6(11(17)18)15-14-5/h2-3,16H,1H3,(H,14,15)(H,17,18). The number of benzene rings is 1. The van der Waals surface area contributed by atoms with E-state index >= 15 is 0 Å². The number of carbonyl (C=O) groups is 1. The van der Waals surface area contributed by atoms with Gasteiger partial charge in [-0.1, -0.05) is 11.6 Å². The van der Waals surface area contributed by atoms with Gasteiger partial charge >= 0.3 is 5.97 Å². The van der Waals surface area contributed by atoms with Gasteiger partial charge in [-0.2, -0.15) is 5.10 Å². The number of carboxylic acids is 1. The first-order valence-electron chi connectivity index (χ1n) is 4.99. The normalized spacial score (nSPS) is 10.5. The van der Waals surface area contributed by atoms with Crippen molar-refractivity contribution in [1.29, 1.82) is 0 Å². The Hall–Kier alpha value is -2.28. The molecule has 6 nitrogen and oxygen atoms in total. The van der Waals surface area contributed by atoms with E-state index in [0.29, 0.717) is 0 Å². The molecule has 0 atom stereocenters. The first kappa shape index (κ1) is 13.2. The maximum Gasteiger partial charge on any atom is 0.353 e. The molecule has 3 N–H and O–H groups in total. The molecule has 19 heavy (non-hydrogen) atoms. The van der Waals surface area contributed by atoms with Crippen molar-refractivity contribution >= 4 is 17.6 Å². The Morgan fingerprint density at radius 3 is 2.74 bits per heavy atom. The summed E-state index contributed by atoms with van der Waals surface area (Å²) in [5.74, 6) is -2.64. The molecule has 0 saturated heterocycles. The minimum Gasteiger partial charge on any atom is -0.504 e. The van der Waals surface area contributed by atoms with Crippen LogP contribution < -0.4 is 4.74 Å². The summed E-state index contributed by atoms with van der Waals surface area (Å²) in [6.45, 7) is 0. The molecule has 8 heteroatoms. The number of methoxy groups -OCH3 is 1. The number of halogens is 2. The molecule has 0 fully saturated rings. The van der Waals surface area contributed by atoms with Crippen molar-refractivity contribution in [2.24, 2.45) is 0 Å². The molecule has 0 spiro atoms. The third-order valence-electron chi connectivity index (χ3n) is 2.42. The van der Waals surface area contributed by atoms with Gasteiger partial charge in [0, 0.05) is 6.07 Å². The summed E-state index contributed by atoms with van der Waals surface area (Å²) in [7, 11) is 1.26. The number of ether oxygens (including phenoxy) is 1. The van der Waals surface area contributed by atoms with E-state index in [0.717, 1.165) is 12.1 Å². The summed E-state index contributed by atoms with van der Waals surface area (Å²) < 4.78 is 18.4. The number of carboxylic acid groups (broad SMARTS) is 1. The number of aromatic hydroxyl groups is 1. The second kappa shape index (κ2) is 4.77. The Kier molecular flexibility index (Phi) is 3.30. The molecule has 0 bridgehead atoms. The van der Waals surface area contributed by atoms with Gasteiger partial charge in [0.2, 0.25) is 0 Å². The molecule has 0 aliphatic rings. The second-order valence-corrected chi connectivity index (χ2v) is 3.95. The van der Waals surface area contributed by atoms with Crippen molar-refractivity contribution in [3.05, 3.63) is 28.7 Å². The Balaban J connectivity index is 2.69. The first-order chi connectivity index (χ1) is 8.95. The van der Waals surface area contributed by atoms with Crippen LogP contribution in [0.2, 0.25) is 5.02 Å². The van der Waals surface area contributed by atoms with Gasteiger partial charge in [-0.25, -0.2) is 9.18 Å². The first-order valence-corrected chi connectivity index (χ1v) is 5.37. The summed E-state index contributed by atoms with van der Waals surface area (Å²) >= 11 is 5.81. The number of H-pyrrole nitrogens is 1. The van der Waals surface area contributed by atoms with Gasteiger partial charge in [-0.3, -0.25) is 5.10 Å². The smallest absolute Gasteiger partial charge is 0.353 e. The van der Waals surface area contributed by atoms with Crippen LogP contribution in [0.1, 0.15) is 10.5 Å². The fourth-order valence-electron chi connectivity index (χ4n) is 1.59. The molecule has 0 aliphatic heterocycles. The number of hydrogen-bond donors (Lipinski definition) is 3. The van der Waals surface area contributed by atoms with Crippen LogP contribution in [0.4, 0.5) is 4.39 Å². The van der Waals surface area contributed by atoms with Crippen molar-refractivity contribution < 1.29 is 24.1 Å². The van der Waals surface area contributed by atoms with E-state index in [9.17, 15) is 14.3 Å². The molecule has 100 valence electrons. The lowest BCUT2D eigenvalue weighted by Gasteiger charge is -2.10. The van der Waals surface area contributed by atoms with E-state index in [1.54, 1.807) is 0 Å². The maximum absolute atomic E-state index is 13.5. The zero-order valence-corrected chi connectivity index (χ0v) is 10.3. The molecule has 1 aromatic heterocycles. The summed E-state index contributed by atoms with van der Waals surface area (Å²) in [5, 5.41) is 24.0. The molecular formula is C11H8ClFN2O4. The largest absolute Gasteiger partial charge is 0.504 e. The molecule has 2 rings (SSSR count). The number of phenols is 1. The number of aromatic amines is 1. The Morgan fingerprint density at radius 2 is 2.21 bits per heavy atom. The SMILES string of the molecule is COc1c(O)cc(F)c(Cl)c1-c1cc(C(=O)O)[nH]n1. The van der Waals surface area contributed by atoms with Gasteiger partial charge in [0.1, 0.15) is 11.5 Å². The average molecular weight is 287 g/mol. The predicted octanol–water partition coefficient (Wildman–Crippen LogP) is 2.28. The highest BCUT2D eigenvalue weighted by atomic mass is 35.5. The molecule has 0 amide bonds. The Labute approximate surface area is 111 Å². The minimum atomic E-state index is -1.23. The Morgan fingerprint density at radius 1 is 1.53 bits per heavy atom. The number of aromatic nitrogens is 2.